The Hall–Kier alpha value is -1.07. The second-order valence-electron chi connectivity index (χ2n) is 5.16. The van der Waals surface area contributed by atoms with Crippen LogP contribution in [0.1, 0.15) is 32.6 Å². The van der Waals surface area contributed by atoms with Crippen LogP contribution in [0.5, 0.6) is 11.5 Å². The summed E-state index contributed by atoms with van der Waals surface area (Å²) in [5.74, 6) is 0.578. The molecule has 8 heteroatoms. The lowest BCUT2D eigenvalue weighted by molar-refractivity contribution is -0.315. The van der Waals surface area contributed by atoms with Crippen molar-refractivity contribution < 1.29 is 28.6 Å². The first-order valence-electron chi connectivity index (χ1n) is 7.24. The second kappa shape index (κ2) is 9.28. The lowest BCUT2D eigenvalue weighted by Gasteiger charge is -2.36. The van der Waals surface area contributed by atoms with Crippen LogP contribution < -0.4 is 19.3 Å². The number of carbonyl (C=O) groups excluding carboxylic acids is 1. The molecule has 0 N–H and O–H groups in total. The van der Waals surface area contributed by atoms with Crippen molar-refractivity contribution in [1.82, 2.24) is 0 Å². The van der Waals surface area contributed by atoms with Crippen LogP contribution in [-0.4, -0.2) is 25.2 Å². The zero-order valence-corrected chi connectivity index (χ0v) is 14.8. The number of benzene rings is 1. The minimum absolute atomic E-state index is 0.0584. The predicted molar refractivity (Wildman–Crippen MR) is 84.0 cm³/mol. The Labute approximate surface area is 140 Å². The van der Waals surface area contributed by atoms with Crippen molar-refractivity contribution >= 4 is 25.0 Å². The number of hydrogen-bond donors (Lipinski definition) is 0. The van der Waals surface area contributed by atoms with Gasteiger partial charge in [-0.3, -0.25) is 4.79 Å². The molecule has 0 aliphatic heterocycles. The highest BCUT2D eigenvalue weighted by Crippen LogP contribution is 2.35. The van der Waals surface area contributed by atoms with E-state index in [-0.39, 0.29) is 6.42 Å². The molecule has 23 heavy (non-hydrogen) atoms. The van der Waals surface area contributed by atoms with Gasteiger partial charge in [0, 0.05) is 11.7 Å². The first kappa shape index (κ1) is 20.0. The van der Waals surface area contributed by atoms with Gasteiger partial charge in [0.2, 0.25) is 0 Å². The molecule has 0 aliphatic carbocycles. The van der Waals surface area contributed by atoms with Crippen molar-refractivity contribution in [2.75, 3.05) is 13.7 Å². The highest BCUT2D eigenvalue weighted by molar-refractivity contribution is 7.50. The number of methoxy groups -OCH3 is 1. The summed E-state index contributed by atoms with van der Waals surface area (Å²) in [4.78, 5) is 33.1. The molecular weight excluding hydrogens is 343 g/mol. The van der Waals surface area contributed by atoms with Crippen molar-refractivity contribution in [1.29, 1.82) is 0 Å². The summed E-state index contributed by atoms with van der Waals surface area (Å²) < 4.78 is 21.5. The van der Waals surface area contributed by atoms with Crippen LogP contribution in [0.2, 0.25) is 5.02 Å². The number of ketones is 1. The lowest BCUT2D eigenvalue weighted by atomic mass is 10.1. The van der Waals surface area contributed by atoms with Gasteiger partial charge in [-0.25, -0.2) is 0 Å². The molecular formula is C15H20ClO6P-2. The maximum absolute atomic E-state index is 11.2. The van der Waals surface area contributed by atoms with E-state index in [1.807, 2.05) is 0 Å². The molecule has 0 aliphatic rings. The minimum Gasteiger partial charge on any atom is -0.810 e. The molecule has 0 heterocycles. The van der Waals surface area contributed by atoms with Gasteiger partial charge >= 0.3 is 0 Å². The summed E-state index contributed by atoms with van der Waals surface area (Å²) in [6, 6.07) is 5.09. The molecule has 0 radical (unpaired) electrons. The van der Waals surface area contributed by atoms with E-state index in [2.05, 4.69) is 0 Å². The number of hydrogen-bond acceptors (Lipinski definition) is 6. The Bertz CT molecular complexity index is 571. The van der Waals surface area contributed by atoms with E-state index in [4.69, 9.17) is 21.1 Å². The van der Waals surface area contributed by atoms with Crippen LogP contribution in [0.3, 0.4) is 0 Å². The van der Waals surface area contributed by atoms with E-state index >= 15 is 0 Å². The molecule has 1 aromatic rings. The summed E-state index contributed by atoms with van der Waals surface area (Å²) in [5, 5.41) is 0.444. The first-order chi connectivity index (χ1) is 10.8. The molecule has 6 nitrogen and oxygen atoms in total. The highest BCUT2D eigenvalue weighted by Gasteiger charge is 2.17. The zero-order chi connectivity index (χ0) is 17.5. The monoisotopic (exact) mass is 362 g/mol. The molecule has 0 saturated heterocycles. The average Bonchev–Trinajstić information content (AvgIpc) is 2.45. The smallest absolute Gasteiger partial charge is 0.138 e. The number of halogens is 1. The van der Waals surface area contributed by atoms with Crippen LogP contribution >= 0.6 is 19.2 Å². The fourth-order valence-corrected chi connectivity index (χ4v) is 3.28. The molecule has 1 rings (SSSR count). The van der Waals surface area contributed by atoms with Gasteiger partial charge in [0.1, 0.15) is 17.3 Å². The summed E-state index contributed by atoms with van der Waals surface area (Å²) in [7, 11) is -3.32. The van der Waals surface area contributed by atoms with Gasteiger partial charge in [0.05, 0.1) is 18.7 Å². The summed E-state index contributed by atoms with van der Waals surface area (Å²) in [5.41, 5.74) is -1.42. The molecule has 1 atom stereocenters. The fraction of sp³-hybridized carbons (Fsp3) is 0.533. The normalized spacial score (nSPS) is 12.7. The standard InChI is InChI=1S/C15H22ClO6P/c1-11(17)15(23(18,19)20)6-4-3-5-9-22-14-8-7-12(21-2)10-13(14)16/h7-8,10,15H,3-6,9H2,1-2H3,(H2,18,19,20)/p-2. The number of Topliss-reactive ketones (excluding diaryl/α,β-unsaturated/α-hetero) is 1. The molecule has 1 unspecified atom stereocenters. The highest BCUT2D eigenvalue weighted by atomic mass is 35.5. The van der Waals surface area contributed by atoms with Gasteiger partial charge in [-0.1, -0.05) is 32.0 Å². The fourth-order valence-electron chi connectivity index (χ4n) is 2.11. The van der Waals surface area contributed by atoms with Crippen molar-refractivity contribution in [3.63, 3.8) is 0 Å². The summed E-state index contributed by atoms with van der Waals surface area (Å²) in [6.45, 7) is 1.53. The van der Waals surface area contributed by atoms with E-state index in [1.165, 1.54) is 0 Å². The van der Waals surface area contributed by atoms with Crippen LogP contribution in [0, 0.1) is 0 Å². The van der Waals surface area contributed by atoms with Crippen LogP contribution in [0.25, 0.3) is 0 Å². The molecule has 130 valence electrons. The molecule has 1 aromatic carbocycles. The van der Waals surface area contributed by atoms with Crippen molar-refractivity contribution in [3.8, 4) is 11.5 Å². The second-order valence-corrected chi connectivity index (χ2v) is 7.27. The zero-order valence-electron chi connectivity index (χ0n) is 13.1. The Balaban J connectivity index is 2.30. The maximum atomic E-state index is 11.2. The molecule has 0 fully saturated rings. The van der Waals surface area contributed by atoms with Crippen LogP contribution in [-0.2, 0) is 9.36 Å². The lowest BCUT2D eigenvalue weighted by Crippen LogP contribution is -2.31. The van der Waals surface area contributed by atoms with Crippen LogP contribution in [0.4, 0.5) is 0 Å². The largest absolute Gasteiger partial charge is 0.810 e. The third-order valence-corrected chi connectivity index (χ3v) is 5.05. The molecule has 0 bridgehead atoms. The summed E-state index contributed by atoms with van der Waals surface area (Å²) in [6.07, 6.45) is 1.84. The van der Waals surface area contributed by atoms with Crippen molar-refractivity contribution in [3.05, 3.63) is 23.2 Å². The van der Waals surface area contributed by atoms with E-state index in [0.29, 0.717) is 42.4 Å². The van der Waals surface area contributed by atoms with Gasteiger partial charge in [0.25, 0.3) is 0 Å². The summed E-state index contributed by atoms with van der Waals surface area (Å²) >= 11 is 6.03. The van der Waals surface area contributed by atoms with E-state index < -0.39 is 19.0 Å². The van der Waals surface area contributed by atoms with E-state index in [9.17, 15) is 19.1 Å². The van der Waals surface area contributed by atoms with Crippen molar-refractivity contribution in [2.45, 2.75) is 38.3 Å². The van der Waals surface area contributed by atoms with Gasteiger partial charge in [-0.15, -0.1) is 0 Å². The quantitative estimate of drug-likeness (QED) is 0.467. The predicted octanol–water partition coefficient (Wildman–Crippen LogP) is 2.16. The maximum Gasteiger partial charge on any atom is 0.138 e. The Kier molecular flexibility index (Phi) is 8.06. The Morgan fingerprint density at radius 1 is 1.30 bits per heavy atom. The van der Waals surface area contributed by atoms with Gasteiger partial charge in [-0.05, 0) is 31.9 Å². The van der Waals surface area contributed by atoms with Gasteiger partial charge in [-0.2, -0.15) is 0 Å². The number of carbonyl (C=O) groups is 1. The molecule has 0 amide bonds. The van der Waals surface area contributed by atoms with Crippen LogP contribution in [0.15, 0.2) is 18.2 Å². The Morgan fingerprint density at radius 3 is 2.52 bits per heavy atom. The van der Waals surface area contributed by atoms with E-state index in [1.54, 1.807) is 25.3 Å². The third kappa shape index (κ3) is 6.92. The van der Waals surface area contributed by atoms with Gasteiger partial charge in [0.15, 0.2) is 0 Å². The topological polar surface area (TPSA) is 98.7 Å². The molecule has 0 saturated carbocycles. The van der Waals surface area contributed by atoms with E-state index in [0.717, 1.165) is 6.92 Å². The molecule has 0 aromatic heterocycles. The average molecular weight is 363 g/mol. The number of unbranched alkanes of at least 4 members (excludes halogenated alkanes) is 2. The number of ether oxygens (including phenoxy) is 2. The minimum atomic E-state index is -4.86. The van der Waals surface area contributed by atoms with Gasteiger partial charge < -0.3 is 23.8 Å². The van der Waals surface area contributed by atoms with Crippen molar-refractivity contribution in [2.24, 2.45) is 0 Å². The Morgan fingerprint density at radius 2 is 2.00 bits per heavy atom. The SMILES string of the molecule is COc1ccc(OCCCCCC(C(C)=O)P(=O)([O-])[O-])c(Cl)c1. The molecule has 0 spiro atoms. The first-order valence-corrected chi connectivity index (χ1v) is 9.23. The third-order valence-electron chi connectivity index (χ3n) is 3.37. The number of rotatable bonds is 10.